The molecule has 0 bridgehead atoms. The third-order valence-corrected chi connectivity index (χ3v) is 2.81. The third-order valence-electron chi connectivity index (χ3n) is 2.12. The van der Waals surface area contributed by atoms with Crippen molar-refractivity contribution >= 4 is 21.6 Å². The molecule has 16 heavy (non-hydrogen) atoms. The highest BCUT2D eigenvalue weighted by molar-refractivity contribution is 9.10. The standard InChI is InChI=1S/C12H10BrFN2/c13-11-3-1-2-4-12(11)16-7-9-5-10(14)8-15-6-9/h1-6,8,16H,7H2. The number of benzene rings is 1. The van der Waals surface area contributed by atoms with E-state index in [1.165, 1.54) is 12.3 Å². The van der Waals surface area contributed by atoms with Gasteiger partial charge in [0.15, 0.2) is 0 Å². The molecule has 0 spiro atoms. The number of aromatic nitrogens is 1. The van der Waals surface area contributed by atoms with Gasteiger partial charge in [-0.05, 0) is 39.7 Å². The van der Waals surface area contributed by atoms with Gasteiger partial charge in [-0.1, -0.05) is 12.1 Å². The molecule has 1 N–H and O–H groups in total. The topological polar surface area (TPSA) is 24.9 Å². The quantitative estimate of drug-likeness (QED) is 0.929. The van der Waals surface area contributed by atoms with E-state index >= 15 is 0 Å². The van der Waals surface area contributed by atoms with E-state index in [-0.39, 0.29) is 5.82 Å². The van der Waals surface area contributed by atoms with E-state index < -0.39 is 0 Å². The zero-order valence-electron chi connectivity index (χ0n) is 8.45. The van der Waals surface area contributed by atoms with E-state index in [4.69, 9.17) is 0 Å². The molecule has 2 aromatic rings. The van der Waals surface area contributed by atoms with E-state index in [0.29, 0.717) is 6.54 Å². The normalized spacial score (nSPS) is 10.1. The summed E-state index contributed by atoms with van der Waals surface area (Å²) in [6, 6.07) is 9.26. The summed E-state index contributed by atoms with van der Waals surface area (Å²) < 4.78 is 13.9. The highest BCUT2D eigenvalue weighted by Gasteiger charge is 1.99. The van der Waals surface area contributed by atoms with Gasteiger partial charge in [0.1, 0.15) is 5.82 Å². The van der Waals surface area contributed by atoms with Crippen molar-refractivity contribution in [2.45, 2.75) is 6.54 Å². The fraction of sp³-hybridized carbons (Fsp3) is 0.0833. The molecular formula is C12H10BrFN2. The van der Waals surface area contributed by atoms with Gasteiger partial charge in [-0.3, -0.25) is 4.98 Å². The highest BCUT2D eigenvalue weighted by Crippen LogP contribution is 2.21. The van der Waals surface area contributed by atoms with Gasteiger partial charge in [0.05, 0.1) is 6.20 Å². The Hall–Kier alpha value is -1.42. The maximum Gasteiger partial charge on any atom is 0.141 e. The van der Waals surface area contributed by atoms with Crippen LogP contribution in [0.3, 0.4) is 0 Å². The van der Waals surface area contributed by atoms with Crippen LogP contribution in [0.25, 0.3) is 0 Å². The molecule has 0 aliphatic rings. The minimum Gasteiger partial charge on any atom is -0.380 e. The molecule has 82 valence electrons. The SMILES string of the molecule is Fc1cncc(CNc2ccccc2Br)c1. The Bertz CT molecular complexity index is 488. The summed E-state index contributed by atoms with van der Waals surface area (Å²) in [5, 5.41) is 3.20. The molecule has 0 fully saturated rings. The Morgan fingerprint density at radius 3 is 2.81 bits per heavy atom. The maximum absolute atomic E-state index is 12.9. The van der Waals surface area contributed by atoms with E-state index in [9.17, 15) is 4.39 Å². The first-order valence-electron chi connectivity index (χ1n) is 4.83. The summed E-state index contributed by atoms with van der Waals surface area (Å²) in [7, 11) is 0. The van der Waals surface area contributed by atoms with Gasteiger partial charge in [0.2, 0.25) is 0 Å². The second-order valence-electron chi connectivity index (χ2n) is 3.34. The predicted octanol–water partition coefficient (Wildman–Crippen LogP) is 3.60. The second-order valence-corrected chi connectivity index (χ2v) is 4.20. The van der Waals surface area contributed by atoms with Gasteiger partial charge in [-0.15, -0.1) is 0 Å². The molecule has 0 aliphatic heterocycles. The summed E-state index contributed by atoms with van der Waals surface area (Å²) in [6.45, 7) is 0.549. The van der Waals surface area contributed by atoms with Crippen molar-refractivity contribution in [1.29, 1.82) is 0 Å². The molecule has 0 radical (unpaired) electrons. The fourth-order valence-electron chi connectivity index (χ4n) is 1.35. The first kappa shape index (κ1) is 11.1. The lowest BCUT2D eigenvalue weighted by Crippen LogP contribution is -2.00. The molecule has 1 aromatic heterocycles. The second kappa shape index (κ2) is 5.07. The van der Waals surface area contributed by atoms with Crippen LogP contribution in [0.1, 0.15) is 5.56 Å². The van der Waals surface area contributed by atoms with Crippen molar-refractivity contribution in [3.8, 4) is 0 Å². The van der Waals surface area contributed by atoms with Crippen molar-refractivity contribution < 1.29 is 4.39 Å². The van der Waals surface area contributed by atoms with Gasteiger partial charge in [0.25, 0.3) is 0 Å². The number of pyridine rings is 1. The van der Waals surface area contributed by atoms with Gasteiger partial charge in [-0.2, -0.15) is 0 Å². The Kier molecular flexibility index (Phi) is 3.51. The maximum atomic E-state index is 12.9. The van der Waals surface area contributed by atoms with E-state index in [0.717, 1.165) is 15.7 Å². The minimum atomic E-state index is -0.313. The first-order valence-corrected chi connectivity index (χ1v) is 5.63. The van der Waals surface area contributed by atoms with Crippen LogP contribution in [0, 0.1) is 5.82 Å². The number of hydrogen-bond acceptors (Lipinski definition) is 2. The molecule has 1 heterocycles. The molecule has 1 aromatic carbocycles. The largest absolute Gasteiger partial charge is 0.380 e. The summed E-state index contributed by atoms with van der Waals surface area (Å²) in [4.78, 5) is 3.79. The summed E-state index contributed by atoms with van der Waals surface area (Å²) in [5.74, 6) is -0.313. The number of halogens is 2. The average Bonchev–Trinajstić information content (AvgIpc) is 2.28. The zero-order chi connectivity index (χ0) is 11.4. The number of para-hydroxylation sites is 1. The van der Waals surface area contributed by atoms with E-state index in [2.05, 4.69) is 26.2 Å². The molecule has 0 atom stereocenters. The van der Waals surface area contributed by atoms with Crippen LogP contribution < -0.4 is 5.32 Å². The van der Waals surface area contributed by atoms with E-state index in [1.54, 1.807) is 6.20 Å². The van der Waals surface area contributed by atoms with Crippen LogP contribution in [0.2, 0.25) is 0 Å². The molecule has 0 amide bonds. The Morgan fingerprint density at radius 2 is 2.06 bits per heavy atom. The van der Waals surface area contributed by atoms with Crippen LogP contribution in [0.5, 0.6) is 0 Å². The van der Waals surface area contributed by atoms with Gasteiger partial charge in [0, 0.05) is 22.9 Å². The van der Waals surface area contributed by atoms with Crippen LogP contribution >= 0.6 is 15.9 Å². The fourth-order valence-corrected chi connectivity index (χ4v) is 1.78. The Balaban J connectivity index is 2.05. The third kappa shape index (κ3) is 2.79. The number of nitrogens with zero attached hydrogens (tertiary/aromatic N) is 1. The number of anilines is 1. The first-order chi connectivity index (χ1) is 7.75. The molecular weight excluding hydrogens is 271 g/mol. The zero-order valence-corrected chi connectivity index (χ0v) is 10.0. The van der Waals surface area contributed by atoms with Gasteiger partial charge in [-0.25, -0.2) is 4.39 Å². The molecule has 2 rings (SSSR count). The number of nitrogens with one attached hydrogen (secondary N) is 1. The number of rotatable bonds is 3. The minimum absolute atomic E-state index is 0.313. The predicted molar refractivity (Wildman–Crippen MR) is 65.7 cm³/mol. The van der Waals surface area contributed by atoms with Gasteiger partial charge >= 0.3 is 0 Å². The monoisotopic (exact) mass is 280 g/mol. The van der Waals surface area contributed by atoms with Gasteiger partial charge < -0.3 is 5.32 Å². The average molecular weight is 281 g/mol. The molecule has 2 nitrogen and oxygen atoms in total. The van der Waals surface area contributed by atoms with E-state index in [1.807, 2.05) is 24.3 Å². The smallest absolute Gasteiger partial charge is 0.141 e. The lowest BCUT2D eigenvalue weighted by atomic mass is 10.2. The van der Waals surface area contributed by atoms with Crippen LogP contribution in [-0.4, -0.2) is 4.98 Å². The van der Waals surface area contributed by atoms with Crippen molar-refractivity contribution in [1.82, 2.24) is 4.98 Å². The Labute approximate surface area is 102 Å². The molecule has 4 heteroatoms. The van der Waals surface area contributed by atoms with Crippen molar-refractivity contribution in [2.24, 2.45) is 0 Å². The number of hydrogen-bond donors (Lipinski definition) is 1. The lowest BCUT2D eigenvalue weighted by molar-refractivity contribution is 0.619. The van der Waals surface area contributed by atoms with Crippen molar-refractivity contribution in [3.05, 3.63) is 58.6 Å². The highest BCUT2D eigenvalue weighted by atomic mass is 79.9. The molecule has 0 unspecified atom stereocenters. The van der Waals surface area contributed by atoms with Crippen LogP contribution in [-0.2, 0) is 6.54 Å². The van der Waals surface area contributed by atoms with Crippen LogP contribution in [0.15, 0.2) is 47.2 Å². The molecule has 0 saturated heterocycles. The molecule has 0 saturated carbocycles. The summed E-state index contributed by atoms with van der Waals surface area (Å²) in [5.41, 5.74) is 1.79. The summed E-state index contributed by atoms with van der Waals surface area (Å²) >= 11 is 3.43. The summed E-state index contributed by atoms with van der Waals surface area (Å²) in [6.07, 6.45) is 2.84. The van der Waals surface area contributed by atoms with Crippen molar-refractivity contribution in [3.63, 3.8) is 0 Å². The Morgan fingerprint density at radius 1 is 1.25 bits per heavy atom. The van der Waals surface area contributed by atoms with Crippen LogP contribution in [0.4, 0.5) is 10.1 Å². The van der Waals surface area contributed by atoms with Crippen molar-refractivity contribution in [2.75, 3.05) is 5.32 Å². The lowest BCUT2D eigenvalue weighted by Gasteiger charge is -2.07. The molecule has 0 aliphatic carbocycles.